The number of hydrogen-bond acceptors (Lipinski definition) is 4. The first kappa shape index (κ1) is 18.7. The highest BCUT2D eigenvalue weighted by Crippen LogP contribution is 2.37. The Morgan fingerprint density at radius 2 is 2.15 bits per heavy atom. The Labute approximate surface area is 155 Å². The van der Waals surface area contributed by atoms with Gasteiger partial charge in [0.1, 0.15) is 0 Å². The van der Waals surface area contributed by atoms with Gasteiger partial charge in [0, 0.05) is 43.4 Å². The van der Waals surface area contributed by atoms with Crippen LogP contribution in [0.1, 0.15) is 40.0 Å². The topological polar surface area (TPSA) is 70.7 Å². The molecule has 0 radical (unpaired) electrons. The van der Waals surface area contributed by atoms with Gasteiger partial charge in [-0.25, -0.2) is 4.79 Å². The standard InChI is InChI=1S/C20H29N3O3/c1-5-26-20(25)22-15-7-6-12(2)16(10-15)17-9-14-11-21-13(3)8-18(14)23(4)19(17)24/h6-7,13-14,18,21H,5,8-11H2,1-4H3,(H,22,25)/b17-16+. The van der Waals surface area contributed by atoms with Crippen molar-refractivity contribution in [2.24, 2.45) is 5.92 Å². The molecule has 0 aromatic carbocycles. The fourth-order valence-corrected chi connectivity index (χ4v) is 4.22. The average Bonchev–Trinajstić information content (AvgIpc) is 2.60. The first-order valence-corrected chi connectivity index (χ1v) is 9.44. The monoisotopic (exact) mass is 359 g/mol. The summed E-state index contributed by atoms with van der Waals surface area (Å²) in [6.07, 6.45) is 5.75. The van der Waals surface area contributed by atoms with E-state index in [1.54, 1.807) is 6.92 Å². The minimum Gasteiger partial charge on any atom is -0.450 e. The molecule has 0 bridgehead atoms. The van der Waals surface area contributed by atoms with Gasteiger partial charge >= 0.3 is 6.09 Å². The number of fused-ring (bicyclic) bond motifs is 1. The van der Waals surface area contributed by atoms with Crippen LogP contribution in [0.5, 0.6) is 0 Å². The van der Waals surface area contributed by atoms with Gasteiger partial charge in [-0.05, 0) is 56.8 Å². The molecule has 0 spiro atoms. The molecule has 6 heteroatoms. The van der Waals surface area contributed by atoms with Gasteiger partial charge in [0.25, 0.3) is 0 Å². The summed E-state index contributed by atoms with van der Waals surface area (Å²) in [7, 11) is 1.92. The molecule has 3 unspecified atom stereocenters. The summed E-state index contributed by atoms with van der Waals surface area (Å²) in [4.78, 5) is 26.7. The predicted octanol–water partition coefficient (Wildman–Crippen LogP) is 2.49. The van der Waals surface area contributed by atoms with Gasteiger partial charge in [-0.2, -0.15) is 0 Å². The highest BCUT2D eigenvalue weighted by Gasteiger charge is 2.40. The quantitative estimate of drug-likeness (QED) is 0.743. The van der Waals surface area contributed by atoms with E-state index in [-0.39, 0.29) is 5.91 Å². The molecule has 6 nitrogen and oxygen atoms in total. The number of rotatable bonds is 2. The van der Waals surface area contributed by atoms with Crippen molar-refractivity contribution >= 4 is 12.0 Å². The van der Waals surface area contributed by atoms with E-state index in [0.29, 0.717) is 31.0 Å². The number of amides is 2. The van der Waals surface area contributed by atoms with Crippen molar-refractivity contribution in [2.75, 3.05) is 20.2 Å². The van der Waals surface area contributed by atoms with Crippen molar-refractivity contribution < 1.29 is 14.3 Å². The number of carbonyl (C=O) groups is 2. The molecule has 2 saturated heterocycles. The maximum Gasteiger partial charge on any atom is 0.411 e. The van der Waals surface area contributed by atoms with Gasteiger partial charge in [0.05, 0.1) is 6.61 Å². The lowest BCUT2D eigenvalue weighted by molar-refractivity contribution is -0.132. The van der Waals surface area contributed by atoms with Crippen molar-refractivity contribution in [2.45, 2.75) is 52.1 Å². The number of allylic oxidation sites excluding steroid dienone is 4. The molecule has 1 aliphatic carbocycles. The summed E-state index contributed by atoms with van der Waals surface area (Å²) < 4.78 is 4.96. The Balaban J connectivity index is 1.83. The van der Waals surface area contributed by atoms with Crippen molar-refractivity contribution in [3.05, 3.63) is 34.6 Å². The van der Waals surface area contributed by atoms with E-state index in [1.165, 1.54) is 0 Å². The summed E-state index contributed by atoms with van der Waals surface area (Å²) >= 11 is 0. The number of hydrogen-bond donors (Lipinski definition) is 2. The lowest BCUT2D eigenvalue weighted by atomic mass is 9.77. The van der Waals surface area contributed by atoms with Crippen molar-refractivity contribution in [1.29, 1.82) is 0 Å². The van der Waals surface area contributed by atoms with E-state index in [2.05, 4.69) is 17.6 Å². The molecule has 2 fully saturated rings. The highest BCUT2D eigenvalue weighted by atomic mass is 16.5. The number of likely N-dealkylation sites (tertiary alicyclic amines) is 1. The van der Waals surface area contributed by atoms with Gasteiger partial charge in [0.2, 0.25) is 5.91 Å². The van der Waals surface area contributed by atoms with Gasteiger partial charge < -0.3 is 15.0 Å². The van der Waals surface area contributed by atoms with Crippen LogP contribution in [0.4, 0.5) is 4.79 Å². The zero-order valence-corrected chi connectivity index (χ0v) is 16.1. The summed E-state index contributed by atoms with van der Waals surface area (Å²) in [5.74, 6) is 0.567. The highest BCUT2D eigenvalue weighted by molar-refractivity contribution is 5.96. The average molecular weight is 359 g/mol. The van der Waals surface area contributed by atoms with Crippen LogP contribution >= 0.6 is 0 Å². The van der Waals surface area contributed by atoms with E-state index >= 15 is 0 Å². The van der Waals surface area contributed by atoms with Crippen LogP contribution in [0, 0.1) is 5.92 Å². The van der Waals surface area contributed by atoms with Gasteiger partial charge in [-0.15, -0.1) is 0 Å². The van der Waals surface area contributed by atoms with E-state index in [4.69, 9.17) is 4.74 Å². The van der Waals surface area contributed by atoms with Crippen LogP contribution in [0.25, 0.3) is 0 Å². The predicted molar refractivity (Wildman–Crippen MR) is 100 cm³/mol. The van der Waals surface area contributed by atoms with Crippen LogP contribution in [-0.4, -0.2) is 49.2 Å². The van der Waals surface area contributed by atoms with Crippen LogP contribution < -0.4 is 10.6 Å². The Morgan fingerprint density at radius 3 is 2.88 bits per heavy atom. The molecular formula is C20H29N3O3. The zero-order chi connectivity index (χ0) is 18.8. The smallest absolute Gasteiger partial charge is 0.411 e. The first-order chi connectivity index (χ1) is 12.4. The fourth-order valence-electron chi connectivity index (χ4n) is 4.22. The zero-order valence-electron chi connectivity index (χ0n) is 16.1. The van der Waals surface area contributed by atoms with Gasteiger partial charge in [-0.1, -0.05) is 6.08 Å². The molecule has 0 saturated carbocycles. The van der Waals surface area contributed by atoms with Crippen LogP contribution in [0.2, 0.25) is 0 Å². The molecule has 3 aliphatic rings. The third-order valence-electron chi connectivity index (χ3n) is 5.69. The van der Waals surface area contributed by atoms with Crippen LogP contribution in [0.3, 0.4) is 0 Å². The molecule has 0 aromatic heterocycles. The Kier molecular flexibility index (Phi) is 5.51. The van der Waals surface area contributed by atoms with Crippen molar-refractivity contribution in [3.63, 3.8) is 0 Å². The lowest BCUT2D eigenvalue weighted by Crippen LogP contribution is -2.56. The van der Waals surface area contributed by atoms with Crippen LogP contribution in [-0.2, 0) is 9.53 Å². The number of ether oxygens (including phenoxy) is 1. The molecular weight excluding hydrogens is 330 g/mol. The number of piperidine rings is 2. The second kappa shape index (κ2) is 7.66. The molecule has 2 N–H and O–H groups in total. The van der Waals surface area contributed by atoms with Crippen LogP contribution in [0.15, 0.2) is 34.6 Å². The lowest BCUT2D eigenvalue weighted by Gasteiger charge is -2.45. The van der Waals surface area contributed by atoms with Crippen molar-refractivity contribution in [3.8, 4) is 0 Å². The van der Waals surface area contributed by atoms with E-state index in [1.807, 2.05) is 31.0 Å². The summed E-state index contributed by atoms with van der Waals surface area (Å²) in [5.41, 5.74) is 3.78. The molecule has 0 aromatic rings. The number of likely N-dealkylation sites (N-methyl/N-ethyl adjacent to an activating group) is 1. The maximum absolute atomic E-state index is 13.1. The Bertz CT molecular complexity index is 692. The number of nitrogens with zero attached hydrogens (tertiary/aromatic N) is 1. The number of carbonyl (C=O) groups excluding carboxylic acids is 2. The first-order valence-electron chi connectivity index (χ1n) is 9.44. The molecule has 142 valence electrons. The summed E-state index contributed by atoms with van der Waals surface area (Å²) in [6.45, 7) is 7.25. The maximum atomic E-state index is 13.1. The Hall–Kier alpha value is -2.08. The van der Waals surface area contributed by atoms with Gasteiger partial charge in [0.15, 0.2) is 0 Å². The third-order valence-corrected chi connectivity index (χ3v) is 5.69. The SMILES string of the molecule is CCOC(=O)NC1=CC=C(C)/C(=C2\CC3CNC(C)CC3N(C)C2=O)C1. The number of nitrogens with one attached hydrogen (secondary N) is 2. The minimum atomic E-state index is -0.450. The normalized spacial score (nSPS) is 31.8. The second-order valence-corrected chi connectivity index (χ2v) is 7.51. The molecule has 2 heterocycles. The fraction of sp³-hybridized carbons (Fsp3) is 0.600. The van der Waals surface area contributed by atoms with E-state index < -0.39 is 6.09 Å². The molecule has 2 amide bonds. The summed E-state index contributed by atoms with van der Waals surface area (Å²) in [5, 5.41) is 6.32. The Morgan fingerprint density at radius 1 is 1.38 bits per heavy atom. The molecule has 3 rings (SSSR count). The third kappa shape index (κ3) is 3.70. The second-order valence-electron chi connectivity index (χ2n) is 7.51. The largest absolute Gasteiger partial charge is 0.450 e. The minimum absolute atomic E-state index is 0.125. The number of alkyl carbamates (subject to hydrolysis) is 1. The van der Waals surface area contributed by atoms with E-state index in [0.717, 1.165) is 41.8 Å². The molecule has 26 heavy (non-hydrogen) atoms. The van der Waals surface area contributed by atoms with E-state index in [9.17, 15) is 9.59 Å². The van der Waals surface area contributed by atoms with Gasteiger partial charge in [-0.3, -0.25) is 10.1 Å². The molecule has 2 aliphatic heterocycles. The molecule has 3 atom stereocenters. The van der Waals surface area contributed by atoms with Crippen molar-refractivity contribution in [1.82, 2.24) is 15.5 Å². The summed E-state index contributed by atoms with van der Waals surface area (Å²) in [6, 6.07) is 0.754.